The second-order valence-electron chi connectivity index (χ2n) is 5.23. The van der Waals surface area contributed by atoms with Crippen LogP contribution in [0, 0.1) is 10.1 Å². The number of hydrogen-bond acceptors (Lipinski definition) is 5. The molecule has 24 heavy (non-hydrogen) atoms. The third kappa shape index (κ3) is 4.22. The number of ether oxygens (including phenoxy) is 1. The molecule has 0 aliphatic carbocycles. The fraction of sp³-hybridized carbons (Fsp3) is 0.538. The van der Waals surface area contributed by atoms with Gasteiger partial charge in [-0.25, -0.2) is 8.42 Å². The maximum Gasteiger partial charge on any atom is 0.402 e. The lowest BCUT2D eigenvalue weighted by molar-refractivity contribution is -0.387. The highest BCUT2D eigenvalue weighted by Gasteiger charge is 2.43. The van der Waals surface area contributed by atoms with Crippen LogP contribution < -0.4 is 0 Å². The van der Waals surface area contributed by atoms with Gasteiger partial charge in [0.25, 0.3) is 5.69 Å². The maximum absolute atomic E-state index is 12.9. The van der Waals surface area contributed by atoms with E-state index in [4.69, 9.17) is 4.74 Å². The van der Waals surface area contributed by atoms with Crippen molar-refractivity contribution in [3.05, 3.63) is 34.4 Å². The molecule has 0 saturated carbocycles. The largest absolute Gasteiger partial charge is 0.402 e. The van der Waals surface area contributed by atoms with Crippen molar-refractivity contribution in [3.8, 4) is 0 Å². The summed E-state index contributed by atoms with van der Waals surface area (Å²) >= 11 is 0. The van der Waals surface area contributed by atoms with E-state index in [0.717, 1.165) is 12.1 Å². The average molecular weight is 368 g/mol. The van der Waals surface area contributed by atoms with Gasteiger partial charge in [0.05, 0.1) is 4.92 Å². The van der Waals surface area contributed by atoms with Crippen LogP contribution in [-0.2, 0) is 14.8 Å². The molecule has 11 heteroatoms. The molecule has 0 amide bonds. The number of benzene rings is 1. The number of sulfonamides is 1. The monoisotopic (exact) mass is 368 g/mol. The Morgan fingerprint density at radius 3 is 2.38 bits per heavy atom. The summed E-state index contributed by atoms with van der Waals surface area (Å²) in [6.07, 6.45) is -4.58. The molecule has 1 aliphatic rings. The SMILES string of the molecule is O=[N+]([O-])c1ccccc1S(=O)(=O)N(CC(F)(F)F)C1CCOCC1. The predicted molar refractivity (Wildman–Crippen MR) is 76.9 cm³/mol. The summed E-state index contributed by atoms with van der Waals surface area (Å²) in [7, 11) is -4.69. The van der Waals surface area contributed by atoms with Gasteiger partial charge in [-0.05, 0) is 18.9 Å². The standard InChI is InChI=1S/C13H15F3N2O5S/c14-13(15,16)9-17(10-5-7-23-8-6-10)24(21,22)12-4-2-1-3-11(12)18(19)20/h1-4,10H,5-9H2. The van der Waals surface area contributed by atoms with Gasteiger partial charge in [-0.15, -0.1) is 0 Å². The van der Waals surface area contributed by atoms with Crippen LogP contribution in [0.2, 0.25) is 0 Å². The molecule has 1 fully saturated rings. The summed E-state index contributed by atoms with van der Waals surface area (Å²) in [6.45, 7) is -1.44. The Labute approximate surface area is 136 Å². The van der Waals surface area contributed by atoms with E-state index in [1.807, 2.05) is 0 Å². The number of nitro groups is 1. The number of nitrogens with zero attached hydrogens (tertiary/aromatic N) is 2. The Bertz CT molecular complexity index is 702. The number of hydrogen-bond donors (Lipinski definition) is 0. The summed E-state index contributed by atoms with van der Waals surface area (Å²) in [6, 6.07) is 3.44. The van der Waals surface area contributed by atoms with Crippen LogP contribution in [0.5, 0.6) is 0 Å². The third-order valence-corrected chi connectivity index (χ3v) is 5.53. The van der Waals surface area contributed by atoms with E-state index in [2.05, 4.69) is 0 Å². The Hall–Kier alpha value is -1.72. The molecule has 1 saturated heterocycles. The van der Waals surface area contributed by atoms with Crippen LogP contribution in [-0.4, -0.2) is 49.6 Å². The van der Waals surface area contributed by atoms with Gasteiger partial charge in [0.1, 0.15) is 6.54 Å². The minimum absolute atomic E-state index is 0.0932. The molecule has 134 valence electrons. The van der Waals surface area contributed by atoms with Gasteiger partial charge in [0.2, 0.25) is 10.0 Å². The minimum atomic E-state index is -4.77. The van der Waals surface area contributed by atoms with Crippen molar-refractivity contribution < 1.29 is 31.2 Å². The highest BCUT2D eigenvalue weighted by atomic mass is 32.2. The summed E-state index contributed by atoms with van der Waals surface area (Å²) in [5.74, 6) is 0. The summed E-state index contributed by atoms with van der Waals surface area (Å²) in [5.41, 5.74) is -0.753. The number of halogens is 3. The van der Waals surface area contributed by atoms with Crippen molar-refractivity contribution in [1.29, 1.82) is 0 Å². The summed E-state index contributed by atoms with van der Waals surface area (Å²) in [4.78, 5) is 9.36. The molecule has 7 nitrogen and oxygen atoms in total. The normalized spacial score (nSPS) is 17.2. The van der Waals surface area contributed by atoms with E-state index in [9.17, 15) is 31.7 Å². The van der Waals surface area contributed by atoms with Gasteiger partial charge in [-0.2, -0.15) is 17.5 Å². The molecule has 1 heterocycles. The number of nitro benzene ring substituents is 1. The molecule has 1 aliphatic heterocycles. The van der Waals surface area contributed by atoms with Gasteiger partial charge in [0, 0.05) is 25.3 Å². The average Bonchev–Trinajstić information content (AvgIpc) is 2.52. The molecular formula is C13H15F3N2O5S. The van der Waals surface area contributed by atoms with Crippen molar-refractivity contribution in [2.24, 2.45) is 0 Å². The van der Waals surface area contributed by atoms with Gasteiger partial charge in [0.15, 0.2) is 4.90 Å². The topological polar surface area (TPSA) is 89.8 Å². The van der Waals surface area contributed by atoms with Crippen LogP contribution in [0.15, 0.2) is 29.2 Å². The first-order valence-electron chi connectivity index (χ1n) is 7.02. The molecule has 0 radical (unpaired) electrons. The molecule has 0 N–H and O–H groups in total. The molecule has 0 bridgehead atoms. The van der Waals surface area contributed by atoms with Crippen molar-refractivity contribution >= 4 is 15.7 Å². The van der Waals surface area contributed by atoms with Crippen LogP contribution >= 0.6 is 0 Å². The molecule has 0 unspecified atom stereocenters. The van der Waals surface area contributed by atoms with Gasteiger partial charge >= 0.3 is 6.18 Å². The highest BCUT2D eigenvalue weighted by molar-refractivity contribution is 7.89. The van der Waals surface area contributed by atoms with Gasteiger partial charge in [-0.1, -0.05) is 12.1 Å². The Morgan fingerprint density at radius 1 is 1.25 bits per heavy atom. The minimum Gasteiger partial charge on any atom is -0.381 e. The first-order valence-corrected chi connectivity index (χ1v) is 8.46. The van der Waals surface area contributed by atoms with Crippen LogP contribution in [0.4, 0.5) is 18.9 Å². The maximum atomic E-state index is 12.9. The molecule has 1 aromatic rings. The zero-order valence-corrected chi connectivity index (χ0v) is 13.2. The quantitative estimate of drug-likeness (QED) is 0.588. The lowest BCUT2D eigenvalue weighted by atomic mass is 10.1. The Balaban J connectivity index is 2.49. The van der Waals surface area contributed by atoms with Gasteiger partial charge < -0.3 is 4.74 Å². The molecule has 1 aromatic carbocycles. The fourth-order valence-corrected chi connectivity index (χ4v) is 4.34. The molecule has 2 rings (SSSR count). The number of para-hydroxylation sites is 1. The Morgan fingerprint density at radius 2 is 1.83 bits per heavy atom. The van der Waals surface area contributed by atoms with Crippen LogP contribution in [0.25, 0.3) is 0 Å². The van der Waals surface area contributed by atoms with Crippen LogP contribution in [0.3, 0.4) is 0 Å². The van der Waals surface area contributed by atoms with Crippen molar-refractivity contribution in [2.75, 3.05) is 19.8 Å². The number of alkyl halides is 3. The van der Waals surface area contributed by atoms with E-state index in [1.54, 1.807) is 0 Å². The third-order valence-electron chi connectivity index (χ3n) is 3.58. The molecule has 0 spiro atoms. The van der Waals surface area contributed by atoms with Gasteiger partial charge in [-0.3, -0.25) is 10.1 Å². The van der Waals surface area contributed by atoms with E-state index in [0.29, 0.717) is 4.31 Å². The zero-order chi connectivity index (χ0) is 18.0. The smallest absolute Gasteiger partial charge is 0.381 e. The lowest BCUT2D eigenvalue weighted by Gasteiger charge is -2.33. The summed E-state index contributed by atoms with van der Waals surface area (Å²) < 4.78 is 69.5. The predicted octanol–water partition coefficient (Wildman–Crippen LogP) is 2.33. The lowest BCUT2D eigenvalue weighted by Crippen LogP contribution is -2.47. The van der Waals surface area contributed by atoms with Crippen molar-refractivity contribution in [2.45, 2.75) is 30.0 Å². The van der Waals surface area contributed by atoms with E-state index in [-0.39, 0.29) is 26.1 Å². The van der Waals surface area contributed by atoms with Crippen LogP contribution in [0.1, 0.15) is 12.8 Å². The molecule has 0 aromatic heterocycles. The second-order valence-corrected chi connectivity index (χ2v) is 7.09. The molecule has 0 atom stereocenters. The zero-order valence-electron chi connectivity index (χ0n) is 12.4. The van der Waals surface area contributed by atoms with E-state index in [1.165, 1.54) is 12.1 Å². The van der Waals surface area contributed by atoms with E-state index >= 15 is 0 Å². The first-order chi connectivity index (χ1) is 11.1. The second kappa shape index (κ2) is 7.03. The Kier molecular flexibility index (Phi) is 5.45. The van der Waals surface area contributed by atoms with Crippen molar-refractivity contribution in [1.82, 2.24) is 4.31 Å². The fourth-order valence-electron chi connectivity index (χ4n) is 2.51. The van der Waals surface area contributed by atoms with E-state index < -0.39 is 44.3 Å². The first kappa shape index (κ1) is 18.6. The number of rotatable bonds is 5. The summed E-state index contributed by atoms with van der Waals surface area (Å²) in [5, 5.41) is 11.0. The molecular weight excluding hydrogens is 353 g/mol. The van der Waals surface area contributed by atoms with Crippen molar-refractivity contribution in [3.63, 3.8) is 0 Å². The highest BCUT2D eigenvalue weighted by Crippen LogP contribution is 2.32.